The van der Waals surface area contributed by atoms with Gasteiger partial charge >= 0.3 is 0 Å². The molecule has 2 aliphatic heterocycles. The van der Waals surface area contributed by atoms with E-state index in [2.05, 4.69) is 86.0 Å². The van der Waals surface area contributed by atoms with Gasteiger partial charge in [0, 0.05) is 11.1 Å². The Bertz CT molecular complexity index is 1010. The van der Waals surface area contributed by atoms with Gasteiger partial charge in [-0.3, -0.25) is 0 Å². The van der Waals surface area contributed by atoms with Gasteiger partial charge < -0.3 is 10.6 Å². The fourth-order valence-corrected chi connectivity index (χ4v) is 22.2. The summed E-state index contributed by atoms with van der Waals surface area (Å²) in [5, 5.41) is 12.2. The van der Waals surface area contributed by atoms with Gasteiger partial charge in [-0.25, -0.2) is 0 Å². The molecule has 0 amide bonds. The zero-order valence-electron chi connectivity index (χ0n) is 28.2. The van der Waals surface area contributed by atoms with Crippen LogP contribution in [0.2, 0.25) is 39.3 Å². The minimum Gasteiger partial charge on any atom is -0.316 e. The van der Waals surface area contributed by atoms with E-state index in [9.17, 15) is 0 Å². The highest BCUT2D eigenvalue weighted by atomic mass is 31.1. The molecule has 6 heteroatoms. The molecule has 0 aromatic rings. The van der Waals surface area contributed by atoms with Crippen LogP contribution in [0.25, 0.3) is 0 Å². The molecule has 2 heterocycles. The van der Waals surface area contributed by atoms with Gasteiger partial charge in [0.05, 0.1) is 16.1 Å². The van der Waals surface area contributed by atoms with Crippen molar-refractivity contribution in [3.8, 4) is 0 Å². The predicted octanol–water partition coefficient (Wildman–Crippen LogP) is 8.53. The smallest absolute Gasteiger partial charge is 0.0770 e. The average Bonchev–Trinajstić information content (AvgIpc) is 3.62. The first-order valence-electron chi connectivity index (χ1n) is 17.5. The lowest BCUT2D eigenvalue weighted by atomic mass is 9.56. The highest BCUT2D eigenvalue weighted by Gasteiger charge is 2.56. The molecule has 2 N–H and O–H groups in total. The predicted molar refractivity (Wildman–Crippen MR) is 192 cm³/mol. The monoisotopic (exact) mass is 630 g/mol. The second-order valence-electron chi connectivity index (χ2n) is 18.5. The summed E-state index contributed by atoms with van der Waals surface area (Å²) in [6.45, 7) is 28.9. The third-order valence-electron chi connectivity index (χ3n) is 12.7. The zero-order valence-corrected chi connectivity index (χ0v) is 32.3. The fourth-order valence-electron chi connectivity index (χ4n) is 11.2. The molecule has 41 heavy (non-hydrogen) atoms. The van der Waals surface area contributed by atoms with Crippen LogP contribution in [0, 0.1) is 41.4 Å². The summed E-state index contributed by atoms with van der Waals surface area (Å²) in [5.41, 5.74) is 2.93. The molecule has 0 aromatic heterocycles. The summed E-state index contributed by atoms with van der Waals surface area (Å²) in [5.74, 6) is 6.43. The second kappa shape index (κ2) is 11.2. The Hall–Kier alpha value is 0.694. The number of rotatable bonds is 8. The van der Waals surface area contributed by atoms with Crippen LogP contribution in [0.4, 0.5) is 0 Å². The van der Waals surface area contributed by atoms with Gasteiger partial charge in [-0.05, 0) is 124 Å². The molecule has 7 aliphatic rings. The van der Waals surface area contributed by atoms with E-state index < -0.39 is 16.1 Å². The van der Waals surface area contributed by atoms with Crippen molar-refractivity contribution < 1.29 is 0 Å². The van der Waals surface area contributed by atoms with E-state index in [1.54, 1.807) is 32.1 Å². The van der Waals surface area contributed by atoms with Gasteiger partial charge in [0.15, 0.2) is 0 Å². The van der Waals surface area contributed by atoms with Crippen molar-refractivity contribution in [2.45, 2.75) is 121 Å². The summed E-state index contributed by atoms with van der Waals surface area (Å²) in [7, 11) is 0.557. The molecule has 0 radical (unpaired) electrons. The number of allylic oxidation sites excluding steroid dienone is 4. The Morgan fingerprint density at radius 2 is 1.32 bits per heavy atom. The maximum atomic E-state index is 3.82. The minimum absolute atomic E-state index is 0.0673. The average molecular weight is 631 g/mol. The lowest BCUT2D eigenvalue weighted by Crippen LogP contribution is -2.50. The first-order chi connectivity index (χ1) is 19.1. The first kappa shape index (κ1) is 31.7. The number of nitrogens with one attached hydrogen (secondary N) is 2. The van der Waals surface area contributed by atoms with E-state index in [0.717, 1.165) is 41.2 Å². The molecule has 4 bridgehead atoms. The molecular weight excluding hydrogens is 567 g/mol. The van der Waals surface area contributed by atoms with E-state index in [1.165, 1.54) is 45.2 Å². The van der Waals surface area contributed by atoms with Crippen molar-refractivity contribution in [1.82, 2.24) is 10.6 Å². The zero-order chi connectivity index (χ0) is 29.5. The molecule has 0 aromatic carbocycles. The molecule has 2 nitrogen and oxygen atoms in total. The van der Waals surface area contributed by atoms with Crippen LogP contribution in [-0.4, -0.2) is 64.5 Å². The maximum Gasteiger partial charge on any atom is 0.0770 e. The Kier molecular flexibility index (Phi) is 8.64. The molecule has 5 aliphatic carbocycles. The molecule has 6 fully saturated rings. The molecule has 5 atom stereocenters. The van der Waals surface area contributed by atoms with Crippen molar-refractivity contribution in [1.29, 1.82) is 0 Å². The van der Waals surface area contributed by atoms with Gasteiger partial charge in [0.1, 0.15) is 0 Å². The summed E-state index contributed by atoms with van der Waals surface area (Å²) in [6, 6.07) is 0. The second-order valence-corrected chi connectivity index (χ2v) is 32.8. The van der Waals surface area contributed by atoms with E-state index in [-0.39, 0.29) is 13.1 Å². The normalized spacial score (nSPS) is 39.9. The van der Waals surface area contributed by atoms with Crippen LogP contribution in [-0.2, 0) is 0 Å². The van der Waals surface area contributed by atoms with Gasteiger partial charge in [-0.2, -0.15) is 0 Å². The van der Waals surface area contributed by atoms with Gasteiger partial charge in [-0.15, -0.1) is 9.24 Å². The summed E-state index contributed by atoms with van der Waals surface area (Å²) in [6.07, 6.45) is 15.0. The quantitative estimate of drug-likeness (QED) is 0.208. The van der Waals surface area contributed by atoms with Gasteiger partial charge in [0.2, 0.25) is 0 Å². The van der Waals surface area contributed by atoms with Crippen molar-refractivity contribution >= 4 is 33.3 Å². The largest absolute Gasteiger partial charge is 0.316 e. The Labute approximate surface area is 259 Å². The van der Waals surface area contributed by atoms with Gasteiger partial charge in [-0.1, -0.05) is 90.0 Å². The van der Waals surface area contributed by atoms with E-state index in [1.807, 2.05) is 16.0 Å². The standard InChI is InChI=1S/C35H64N2P2Si2/c1-34(2,3)39(32-25-15-23-14-24(17-25)18-26(32)16-23)22-29-30(19-31(40(4,5)6)33(29)41(7,8)9)35(38,27-10-12-36-20-27)28-11-13-37-21-28/h19,23-29,32,36-37H,10-18,20-22,38H2,1-9H3. The minimum atomic E-state index is -1.54. The highest BCUT2D eigenvalue weighted by molar-refractivity contribution is 7.60. The van der Waals surface area contributed by atoms with E-state index >= 15 is 0 Å². The van der Waals surface area contributed by atoms with E-state index in [0.29, 0.717) is 11.1 Å². The molecular formula is C35H64N2P2Si2. The number of hydrogen-bond acceptors (Lipinski definition) is 2. The number of hydrogen-bond donors (Lipinski definition) is 2. The molecule has 4 saturated carbocycles. The molecule has 232 valence electrons. The summed E-state index contributed by atoms with van der Waals surface area (Å²) in [4.78, 5) is 0. The van der Waals surface area contributed by atoms with Crippen LogP contribution in [0.3, 0.4) is 0 Å². The van der Waals surface area contributed by atoms with Crippen LogP contribution in [0.1, 0.15) is 65.7 Å². The Morgan fingerprint density at radius 3 is 1.71 bits per heavy atom. The summed E-state index contributed by atoms with van der Waals surface area (Å²) >= 11 is 0. The maximum absolute atomic E-state index is 3.82. The molecule has 0 spiro atoms. The van der Waals surface area contributed by atoms with Crippen molar-refractivity contribution in [3.63, 3.8) is 0 Å². The Morgan fingerprint density at radius 1 is 0.805 bits per heavy atom. The van der Waals surface area contributed by atoms with Crippen LogP contribution >= 0.6 is 17.2 Å². The SMILES string of the molecule is CC(C)(C)P(CC1C(C(P)(C2CCNC2)C2CCNC2)=CC([Si](C)(C)C)=C1[Si](C)(C)C)C1C2CC3CC(C2)CC1C3. The first-order valence-corrected chi connectivity index (χ1v) is 26.7. The van der Waals surface area contributed by atoms with E-state index in [4.69, 9.17) is 0 Å². The van der Waals surface area contributed by atoms with Crippen molar-refractivity contribution in [2.24, 2.45) is 41.4 Å². The van der Waals surface area contributed by atoms with Crippen LogP contribution in [0.5, 0.6) is 0 Å². The molecule has 5 unspecified atom stereocenters. The van der Waals surface area contributed by atoms with Crippen LogP contribution < -0.4 is 10.6 Å². The third kappa shape index (κ3) is 5.78. The summed E-state index contributed by atoms with van der Waals surface area (Å²) < 4.78 is 0. The fraction of sp³-hybridized carbons (Fsp3) is 0.886. The lowest BCUT2D eigenvalue weighted by Gasteiger charge is -2.59. The van der Waals surface area contributed by atoms with Crippen molar-refractivity contribution in [3.05, 3.63) is 22.0 Å². The highest BCUT2D eigenvalue weighted by Crippen LogP contribution is 2.69. The third-order valence-corrected chi connectivity index (χ3v) is 22.5. The van der Waals surface area contributed by atoms with Crippen LogP contribution in [0.15, 0.2) is 22.0 Å². The topological polar surface area (TPSA) is 24.1 Å². The Balaban J connectivity index is 1.46. The lowest BCUT2D eigenvalue weighted by molar-refractivity contribution is 0.0242. The molecule has 2 saturated heterocycles. The van der Waals surface area contributed by atoms with Crippen molar-refractivity contribution in [2.75, 3.05) is 32.3 Å². The molecule has 7 rings (SSSR count). The van der Waals surface area contributed by atoms with Gasteiger partial charge in [0.25, 0.3) is 0 Å².